The molecule has 0 saturated carbocycles. The Labute approximate surface area is 216 Å². The molecule has 9 heteroatoms. The van der Waals surface area contributed by atoms with Gasteiger partial charge in [-0.05, 0) is 53.8 Å². The monoisotopic (exact) mass is 533 g/mol. The first-order chi connectivity index (χ1) is 17.4. The van der Waals surface area contributed by atoms with E-state index in [2.05, 4.69) is 0 Å². The largest absolute Gasteiger partial charge is 0.416 e. The molecule has 0 saturated heterocycles. The molecule has 0 N–H and O–H groups in total. The molecule has 0 fully saturated rings. The van der Waals surface area contributed by atoms with Crippen LogP contribution in [0.1, 0.15) is 49.8 Å². The highest BCUT2D eigenvalue weighted by atomic mass is 32.2. The van der Waals surface area contributed by atoms with Crippen LogP contribution in [-0.2, 0) is 27.6 Å². The van der Waals surface area contributed by atoms with E-state index in [0.29, 0.717) is 25.6 Å². The molecule has 1 amide bonds. The van der Waals surface area contributed by atoms with Crippen LogP contribution in [0.2, 0.25) is 0 Å². The van der Waals surface area contributed by atoms with Crippen LogP contribution in [0, 0.1) is 5.92 Å². The maximum atomic E-state index is 13.5. The normalized spacial score (nSPS) is 12.8. The van der Waals surface area contributed by atoms with E-state index in [0.717, 1.165) is 29.3 Å². The van der Waals surface area contributed by atoms with Crippen LogP contribution in [0.5, 0.6) is 5.75 Å². The van der Waals surface area contributed by atoms with E-state index in [1.54, 1.807) is 17.0 Å². The Balaban J connectivity index is 1.77. The van der Waals surface area contributed by atoms with Crippen molar-refractivity contribution < 1.29 is 30.6 Å². The van der Waals surface area contributed by atoms with Gasteiger partial charge in [0, 0.05) is 13.1 Å². The van der Waals surface area contributed by atoms with E-state index >= 15 is 0 Å². The Morgan fingerprint density at radius 1 is 0.946 bits per heavy atom. The van der Waals surface area contributed by atoms with Crippen molar-refractivity contribution in [3.8, 4) is 5.75 Å². The molecule has 198 valence electrons. The number of nitrogens with zero attached hydrogens (tertiary/aromatic N) is 1. The Hall–Kier alpha value is -3.33. The number of carbonyl (C=O) groups excluding carboxylic acids is 1. The van der Waals surface area contributed by atoms with Crippen molar-refractivity contribution in [3.63, 3.8) is 0 Å². The van der Waals surface area contributed by atoms with Gasteiger partial charge in [0.25, 0.3) is 0 Å². The third kappa shape index (κ3) is 7.58. The lowest BCUT2D eigenvalue weighted by atomic mass is 9.94. The van der Waals surface area contributed by atoms with Gasteiger partial charge < -0.3 is 9.08 Å². The summed E-state index contributed by atoms with van der Waals surface area (Å²) < 4.78 is 69.1. The summed E-state index contributed by atoms with van der Waals surface area (Å²) in [6, 6.07) is 19.1. The first kappa shape index (κ1) is 28.2. The highest BCUT2D eigenvalue weighted by molar-refractivity contribution is 7.87. The molecule has 0 aliphatic rings. The van der Waals surface area contributed by atoms with Crippen LogP contribution < -0.4 is 4.18 Å². The molecule has 3 aromatic carbocycles. The molecular formula is C28H30F3NO4S. The second-order valence-electron chi connectivity index (χ2n) is 9.19. The van der Waals surface area contributed by atoms with Gasteiger partial charge in [0.05, 0.1) is 11.5 Å². The fourth-order valence-corrected chi connectivity index (χ4v) is 4.98. The van der Waals surface area contributed by atoms with E-state index < -0.39 is 26.8 Å². The predicted octanol–water partition coefficient (Wildman–Crippen LogP) is 6.65. The Kier molecular flexibility index (Phi) is 9.02. The van der Waals surface area contributed by atoms with Crippen molar-refractivity contribution >= 4 is 16.0 Å². The lowest BCUT2D eigenvalue weighted by Gasteiger charge is -2.29. The van der Waals surface area contributed by atoms with Gasteiger partial charge in [-0.15, -0.1) is 0 Å². The van der Waals surface area contributed by atoms with Crippen LogP contribution in [0.4, 0.5) is 13.2 Å². The average Bonchev–Trinajstić information content (AvgIpc) is 2.85. The summed E-state index contributed by atoms with van der Waals surface area (Å²) in [6.07, 6.45) is -4.03. The number of halogens is 3. The minimum Gasteiger partial charge on any atom is -0.379 e. The summed E-state index contributed by atoms with van der Waals surface area (Å²) in [5, 5.41) is 0. The number of hydrogen-bond donors (Lipinski definition) is 0. The van der Waals surface area contributed by atoms with Crippen molar-refractivity contribution in [1.29, 1.82) is 0 Å². The predicted molar refractivity (Wildman–Crippen MR) is 135 cm³/mol. The molecule has 0 spiro atoms. The first-order valence-corrected chi connectivity index (χ1v) is 13.4. The number of hydrogen-bond acceptors (Lipinski definition) is 4. The summed E-state index contributed by atoms with van der Waals surface area (Å²) in [6.45, 7) is 6.89. The summed E-state index contributed by atoms with van der Waals surface area (Å²) in [5.41, 5.74) is 0.636. The van der Waals surface area contributed by atoms with Crippen LogP contribution >= 0.6 is 0 Å². The molecule has 1 atom stereocenters. The Morgan fingerprint density at radius 2 is 1.59 bits per heavy atom. The molecule has 3 rings (SSSR count). The second kappa shape index (κ2) is 11.8. The topological polar surface area (TPSA) is 63.7 Å². The maximum absolute atomic E-state index is 13.5. The van der Waals surface area contributed by atoms with Gasteiger partial charge in [0.1, 0.15) is 10.6 Å². The number of amides is 1. The third-order valence-corrected chi connectivity index (χ3v) is 7.00. The first-order valence-electron chi connectivity index (χ1n) is 11.9. The number of alkyl halides is 3. The van der Waals surface area contributed by atoms with E-state index in [4.69, 9.17) is 4.18 Å². The molecule has 3 aromatic rings. The van der Waals surface area contributed by atoms with Crippen LogP contribution in [0.15, 0.2) is 83.8 Å². The van der Waals surface area contributed by atoms with E-state index in [9.17, 15) is 26.4 Å². The van der Waals surface area contributed by atoms with Gasteiger partial charge in [0.15, 0.2) is 0 Å². The molecular weight excluding hydrogens is 503 g/mol. The molecule has 0 aliphatic carbocycles. The lowest BCUT2D eigenvalue weighted by Crippen LogP contribution is -2.37. The molecule has 0 aromatic heterocycles. The highest BCUT2D eigenvalue weighted by Gasteiger charge is 2.32. The summed E-state index contributed by atoms with van der Waals surface area (Å²) in [7, 11) is -4.47. The molecule has 0 radical (unpaired) electrons. The number of carbonyl (C=O) groups is 1. The van der Waals surface area contributed by atoms with Gasteiger partial charge in [-0.25, -0.2) is 0 Å². The molecule has 0 heterocycles. The minimum absolute atomic E-state index is 0.00912. The zero-order valence-electron chi connectivity index (χ0n) is 20.9. The standard InChI is InChI=1S/C28H30F3NO4S/c1-4-26(22-9-6-5-7-10-22)27(33)32(18-20(2)3)19-21-13-15-24(16-14-21)36-37(34,35)25-12-8-11-23(17-25)28(29,30)31/h5-17,20,26H,4,18-19H2,1-3H3. The molecule has 5 nitrogen and oxygen atoms in total. The van der Waals surface area contributed by atoms with Gasteiger partial charge in [-0.1, -0.05) is 69.3 Å². The minimum atomic E-state index is -4.68. The highest BCUT2D eigenvalue weighted by Crippen LogP contribution is 2.31. The number of rotatable bonds is 10. The van der Waals surface area contributed by atoms with Gasteiger partial charge in [-0.3, -0.25) is 4.79 Å². The molecule has 0 aliphatic heterocycles. The van der Waals surface area contributed by atoms with E-state index in [-0.39, 0.29) is 23.5 Å². The van der Waals surface area contributed by atoms with Crippen molar-refractivity contribution in [2.24, 2.45) is 5.92 Å². The fraction of sp³-hybridized carbons (Fsp3) is 0.321. The van der Waals surface area contributed by atoms with Crippen molar-refractivity contribution in [3.05, 3.63) is 95.6 Å². The summed E-state index contributed by atoms with van der Waals surface area (Å²) >= 11 is 0. The smallest absolute Gasteiger partial charge is 0.379 e. The summed E-state index contributed by atoms with van der Waals surface area (Å²) in [5.74, 6) is -0.0777. The van der Waals surface area contributed by atoms with Crippen LogP contribution in [-0.4, -0.2) is 25.8 Å². The van der Waals surface area contributed by atoms with Crippen LogP contribution in [0.3, 0.4) is 0 Å². The summed E-state index contributed by atoms with van der Waals surface area (Å²) in [4.78, 5) is 14.7. The van der Waals surface area contributed by atoms with Gasteiger partial charge in [-0.2, -0.15) is 21.6 Å². The van der Waals surface area contributed by atoms with Gasteiger partial charge >= 0.3 is 16.3 Å². The van der Waals surface area contributed by atoms with Crippen molar-refractivity contribution in [2.75, 3.05) is 6.54 Å². The third-order valence-electron chi connectivity index (χ3n) is 5.76. The SMILES string of the molecule is CCC(C(=O)N(Cc1ccc(OS(=O)(=O)c2cccc(C(F)(F)F)c2)cc1)CC(C)C)c1ccccc1. The molecule has 37 heavy (non-hydrogen) atoms. The van der Waals surface area contributed by atoms with Crippen LogP contribution in [0.25, 0.3) is 0 Å². The van der Waals surface area contributed by atoms with Crippen molar-refractivity contribution in [1.82, 2.24) is 4.90 Å². The Morgan fingerprint density at radius 3 is 2.16 bits per heavy atom. The quantitative estimate of drug-likeness (QED) is 0.274. The number of benzene rings is 3. The zero-order valence-corrected chi connectivity index (χ0v) is 21.7. The van der Waals surface area contributed by atoms with E-state index in [1.165, 1.54) is 12.1 Å². The Bertz CT molecular complexity index is 1290. The van der Waals surface area contributed by atoms with Crippen molar-refractivity contribution in [2.45, 2.75) is 50.7 Å². The van der Waals surface area contributed by atoms with E-state index in [1.807, 2.05) is 51.1 Å². The second-order valence-corrected chi connectivity index (χ2v) is 10.7. The maximum Gasteiger partial charge on any atom is 0.416 e. The average molecular weight is 534 g/mol. The molecule has 0 bridgehead atoms. The fourth-order valence-electron chi connectivity index (χ4n) is 4.01. The van der Waals surface area contributed by atoms with Gasteiger partial charge in [0.2, 0.25) is 5.91 Å². The zero-order chi connectivity index (χ0) is 27.2. The lowest BCUT2D eigenvalue weighted by molar-refractivity contribution is -0.137. The molecule has 1 unspecified atom stereocenters.